The van der Waals surface area contributed by atoms with Crippen LogP contribution in [0.1, 0.15) is 38.9 Å². The molecule has 1 heterocycles. The van der Waals surface area contributed by atoms with E-state index in [9.17, 15) is 0 Å². The number of nitrogens with one attached hydrogen (secondary N) is 1. The van der Waals surface area contributed by atoms with Crippen molar-refractivity contribution < 1.29 is 0 Å². The van der Waals surface area contributed by atoms with E-state index in [0.717, 1.165) is 19.5 Å². The molecular weight excluding hydrogens is 230 g/mol. The fraction of sp³-hybridized carbons (Fsp3) is 0.769. The molecular formula is C13H25N3S. The minimum Gasteiger partial charge on any atom is -0.309 e. The summed E-state index contributed by atoms with van der Waals surface area (Å²) >= 11 is 1.91. The normalized spacial score (nSPS) is 14.8. The maximum absolute atomic E-state index is 4.42. The number of hydrogen-bond acceptors (Lipinski definition) is 3. The Balaban J connectivity index is 2.84. The predicted molar refractivity (Wildman–Crippen MR) is 76.5 cm³/mol. The van der Waals surface area contributed by atoms with Crippen LogP contribution in [0.4, 0.5) is 0 Å². The Morgan fingerprint density at radius 2 is 2.24 bits per heavy atom. The molecule has 0 saturated heterocycles. The van der Waals surface area contributed by atoms with E-state index in [-0.39, 0.29) is 0 Å². The Hall–Kier alpha value is -0.480. The van der Waals surface area contributed by atoms with Crippen LogP contribution >= 0.6 is 11.8 Å². The molecule has 3 nitrogen and oxygen atoms in total. The molecule has 98 valence electrons. The van der Waals surface area contributed by atoms with Gasteiger partial charge in [-0.3, -0.25) is 4.68 Å². The summed E-state index contributed by atoms with van der Waals surface area (Å²) in [6.45, 7) is 8.68. The number of rotatable bonds is 8. The standard InChI is InChI=1S/C13H25N3S/c1-5-9-16-12(7-8-15-16)13(14-6-2)11(3)10-17-4/h7-8,11,13-14H,5-6,9-10H2,1-4H3. The second-order valence-electron chi connectivity index (χ2n) is 4.45. The van der Waals surface area contributed by atoms with Gasteiger partial charge in [0.05, 0.1) is 11.7 Å². The molecule has 1 aromatic rings. The van der Waals surface area contributed by atoms with E-state index in [1.807, 2.05) is 18.0 Å². The van der Waals surface area contributed by atoms with Crippen molar-refractivity contribution in [2.75, 3.05) is 18.6 Å². The molecule has 0 aliphatic heterocycles. The molecule has 1 N–H and O–H groups in total. The molecule has 0 aliphatic rings. The summed E-state index contributed by atoms with van der Waals surface area (Å²) in [5, 5.41) is 8.02. The number of nitrogens with zero attached hydrogens (tertiary/aromatic N) is 2. The van der Waals surface area contributed by atoms with Crippen molar-refractivity contribution in [1.29, 1.82) is 0 Å². The average Bonchev–Trinajstić information content (AvgIpc) is 2.75. The van der Waals surface area contributed by atoms with E-state index in [1.165, 1.54) is 11.4 Å². The van der Waals surface area contributed by atoms with E-state index in [2.05, 4.69) is 48.2 Å². The van der Waals surface area contributed by atoms with Gasteiger partial charge in [-0.05, 0) is 37.0 Å². The first-order valence-corrected chi connectivity index (χ1v) is 7.87. The van der Waals surface area contributed by atoms with Crippen molar-refractivity contribution in [3.8, 4) is 0 Å². The van der Waals surface area contributed by atoms with Crippen molar-refractivity contribution >= 4 is 11.8 Å². The minimum atomic E-state index is 0.418. The summed E-state index contributed by atoms with van der Waals surface area (Å²) in [7, 11) is 0. The lowest BCUT2D eigenvalue weighted by molar-refractivity contribution is 0.392. The van der Waals surface area contributed by atoms with E-state index in [1.54, 1.807) is 0 Å². The monoisotopic (exact) mass is 255 g/mol. The van der Waals surface area contributed by atoms with Crippen LogP contribution in [0.5, 0.6) is 0 Å². The Morgan fingerprint density at radius 3 is 2.82 bits per heavy atom. The Morgan fingerprint density at radius 1 is 1.47 bits per heavy atom. The summed E-state index contributed by atoms with van der Waals surface area (Å²) in [4.78, 5) is 0. The highest BCUT2D eigenvalue weighted by molar-refractivity contribution is 7.98. The molecule has 2 unspecified atom stereocenters. The predicted octanol–water partition coefficient (Wildman–Crippen LogP) is 2.94. The van der Waals surface area contributed by atoms with Gasteiger partial charge < -0.3 is 5.32 Å². The summed E-state index contributed by atoms with van der Waals surface area (Å²) in [6, 6.07) is 2.57. The van der Waals surface area contributed by atoms with Gasteiger partial charge in [-0.2, -0.15) is 16.9 Å². The quantitative estimate of drug-likeness (QED) is 0.774. The molecule has 17 heavy (non-hydrogen) atoms. The van der Waals surface area contributed by atoms with Gasteiger partial charge in [0.2, 0.25) is 0 Å². The number of hydrogen-bond donors (Lipinski definition) is 1. The van der Waals surface area contributed by atoms with Gasteiger partial charge in [-0.25, -0.2) is 0 Å². The van der Waals surface area contributed by atoms with Crippen LogP contribution in [0, 0.1) is 5.92 Å². The third-order valence-corrected chi connectivity index (χ3v) is 3.79. The molecule has 0 radical (unpaired) electrons. The van der Waals surface area contributed by atoms with E-state index in [0.29, 0.717) is 12.0 Å². The van der Waals surface area contributed by atoms with Crippen molar-refractivity contribution in [2.24, 2.45) is 5.92 Å². The lowest BCUT2D eigenvalue weighted by Crippen LogP contribution is -2.30. The van der Waals surface area contributed by atoms with Gasteiger partial charge >= 0.3 is 0 Å². The number of thioether (sulfide) groups is 1. The topological polar surface area (TPSA) is 29.9 Å². The van der Waals surface area contributed by atoms with Crippen LogP contribution in [0.15, 0.2) is 12.3 Å². The fourth-order valence-corrected chi connectivity index (χ4v) is 2.90. The molecule has 0 aromatic carbocycles. The van der Waals surface area contributed by atoms with Crippen molar-refractivity contribution in [1.82, 2.24) is 15.1 Å². The molecule has 0 amide bonds. The highest BCUT2D eigenvalue weighted by Gasteiger charge is 2.21. The third-order valence-electron chi connectivity index (χ3n) is 2.93. The van der Waals surface area contributed by atoms with Gasteiger partial charge in [0, 0.05) is 12.7 Å². The molecule has 4 heteroatoms. The highest BCUT2D eigenvalue weighted by Crippen LogP contribution is 2.24. The second-order valence-corrected chi connectivity index (χ2v) is 5.36. The average molecular weight is 255 g/mol. The molecule has 0 fully saturated rings. The Bertz CT molecular complexity index is 311. The zero-order valence-corrected chi connectivity index (χ0v) is 12.3. The molecule has 1 rings (SSSR count). The Labute approximate surface area is 109 Å². The molecule has 0 bridgehead atoms. The molecule has 0 saturated carbocycles. The zero-order chi connectivity index (χ0) is 12.7. The zero-order valence-electron chi connectivity index (χ0n) is 11.4. The SMILES string of the molecule is CCCn1nccc1C(NCC)C(C)CSC. The van der Waals surface area contributed by atoms with Gasteiger partial charge in [-0.1, -0.05) is 20.8 Å². The van der Waals surface area contributed by atoms with Crippen LogP contribution in [-0.2, 0) is 6.54 Å². The van der Waals surface area contributed by atoms with Crippen LogP contribution < -0.4 is 5.32 Å². The lowest BCUT2D eigenvalue weighted by atomic mass is 10.0. The second kappa shape index (κ2) is 7.77. The Kier molecular flexibility index (Phi) is 6.66. The first kappa shape index (κ1) is 14.6. The maximum Gasteiger partial charge on any atom is 0.0556 e. The third kappa shape index (κ3) is 4.03. The van der Waals surface area contributed by atoms with E-state index >= 15 is 0 Å². The minimum absolute atomic E-state index is 0.418. The lowest BCUT2D eigenvalue weighted by Gasteiger charge is -2.25. The van der Waals surface area contributed by atoms with E-state index in [4.69, 9.17) is 0 Å². The molecule has 2 atom stereocenters. The summed E-state index contributed by atoms with van der Waals surface area (Å²) in [5.41, 5.74) is 1.33. The number of aryl methyl sites for hydroxylation is 1. The van der Waals surface area contributed by atoms with Crippen LogP contribution in [0.3, 0.4) is 0 Å². The van der Waals surface area contributed by atoms with Gasteiger partial charge in [-0.15, -0.1) is 0 Å². The summed E-state index contributed by atoms with van der Waals surface area (Å²) in [6.07, 6.45) is 5.22. The van der Waals surface area contributed by atoms with Gasteiger partial charge in [0.15, 0.2) is 0 Å². The highest BCUT2D eigenvalue weighted by atomic mass is 32.2. The molecule has 1 aromatic heterocycles. The van der Waals surface area contributed by atoms with E-state index < -0.39 is 0 Å². The number of aromatic nitrogens is 2. The molecule has 0 aliphatic carbocycles. The smallest absolute Gasteiger partial charge is 0.0556 e. The van der Waals surface area contributed by atoms with Crippen LogP contribution in [-0.4, -0.2) is 28.3 Å². The van der Waals surface area contributed by atoms with Crippen LogP contribution in [0.25, 0.3) is 0 Å². The first-order chi connectivity index (χ1) is 8.24. The molecule has 0 spiro atoms. The largest absolute Gasteiger partial charge is 0.309 e. The van der Waals surface area contributed by atoms with Crippen molar-refractivity contribution in [3.05, 3.63) is 18.0 Å². The van der Waals surface area contributed by atoms with Gasteiger partial charge in [0.25, 0.3) is 0 Å². The van der Waals surface area contributed by atoms with Crippen LogP contribution in [0.2, 0.25) is 0 Å². The maximum atomic E-state index is 4.42. The fourth-order valence-electron chi connectivity index (χ4n) is 2.18. The van der Waals surface area contributed by atoms with Crippen molar-refractivity contribution in [3.63, 3.8) is 0 Å². The summed E-state index contributed by atoms with van der Waals surface area (Å²) in [5.74, 6) is 1.80. The summed E-state index contributed by atoms with van der Waals surface area (Å²) < 4.78 is 2.14. The van der Waals surface area contributed by atoms with Crippen molar-refractivity contribution in [2.45, 2.75) is 39.8 Å². The first-order valence-electron chi connectivity index (χ1n) is 6.48. The van der Waals surface area contributed by atoms with Gasteiger partial charge in [0.1, 0.15) is 0 Å².